The second-order valence-corrected chi connectivity index (χ2v) is 8.34. The van der Waals surface area contributed by atoms with Crippen LogP contribution in [0.3, 0.4) is 0 Å². The standard InChI is InChI=1S/C16H21NO6S/c1-3-21-15(18)16(8-17)13(14(16)24(19,20)4-2)10-5-6-11-12(7-10)23-9-22-11/h5-7,13-14H,3-4,8-9,17H2,1-2H3. The maximum absolute atomic E-state index is 12.5. The molecule has 1 fully saturated rings. The van der Waals surface area contributed by atoms with Crippen molar-refractivity contribution in [3.05, 3.63) is 23.8 Å². The van der Waals surface area contributed by atoms with Gasteiger partial charge in [-0.15, -0.1) is 0 Å². The second-order valence-electron chi connectivity index (χ2n) is 5.93. The van der Waals surface area contributed by atoms with E-state index in [0.29, 0.717) is 17.1 Å². The minimum absolute atomic E-state index is 0.0557. The zero-order valence-corrected chi connectivity index (χ0v) is 14.5. The lowest BCUT2D eigenvalue weighted by Gasteiger charge is -2.14. The Kier molecular flexibility index (Phi) is 4.21. The highest BCUT2D eigenvalue weighted by molar-refractivity contribution is 7.92. The van der Waals surface area contributed by atoms with E-state index in [9.17, 15) is 13.2 Å². The second kappa shape index (κ2) is 5.93. The van der Waals surface area contributed by atoms with Gasteiger partial charge in [-0.25, -0.2) is 8.42 Å². The Morgan fingerprint density at radius 2 is 2.04 bits per heavy atom. The van der Waals surface area contributed by atoms with Gasteiger partial charge in [0, 0.05) is 18.2 Å². The van der Waals surface area contributed by atoms with Gasteiger partial charge >= 0.3 is 5.97 Å². The van der Waals surface area contributed by atoms with E-state index < -0.39 is 32.4 Å². The first-order valence-electron chi connectivity index (χ1n) is 7.90. The summed E-state index contributed by atoms with van der Waals surface area (Å²) in [6.07, 6.45) is 0. The number of carbonyl (C=O) groups is 1. The van der Waals surface area contributed by atoms with Crippen molar-refractivity contribution in [1.82, 2.24) is 0 Å². The molecule has 0 radical (unpaired) electrons. The molecule has 7 nitrogen and oxygen atoms in total. The average molecular weight is 355 g/mol. The van der Waals surface area contributed by atoms with E-state index in [1.54, 1.807) is 32.0 Å². The van der Waals surface area contributed by atoms with Gasteiger partial charge in [-0.3, -0.25) is 4.79 Å². The molecule has 3 unspecified atom stereocenters. The van der Waals surface area contributed by atoms with Crippen LogP contribution in [0, 0.1) is 5.41 Å². The smallest absolute Gasteiger partial charge is 0.315 e. The quantitative estimate of drug-likeness (QED) is 0.753. The van der Waals surface area contributed by atoms with E-state index in [2.05, 4.69) is 0 Å². The number of esters is 1. The summed E-state index contributed by atoms with van der Waals surface area (Å²) in [5.41, 5.74) is 5.32. The number of benzene rings is 1. The fourth-order valence-corrected chi connectivity index (χ4v) is 5.60. The van der Waals surface area contributed by atoms with Crippen molar-refractivity contribution in [1.29, 1.82) is 0 Å². The minimum atomic E-state index is -3.47. The number of rotatable bonds is 6. The fourth-order valence-electron chi connectivity index (χ4n) is 3.53. The molecule has 1 aliphatic carbocycles. The molecule has 0 spiro atoms. The molecule has 24 heavy (non-hydrogen) atoms. The number of nitrogens with two attached hydrogens (primary N) is 1. The van der Waals surface area contributed by atoms with Crippen molar-refractivity contribution in [3.8, 4) is 11.5 Å². The summed E-state index contributed by atoms with van der Waals surface area (Å²) in [5, 5.41) is -0.876. The number of hydrogen-bond acceptors (Lipinski definition) is 7. The summed E-state index contributed by atoms with van der Waals surface area (Å²) >= 11 is 0. The summed E-state index contributed by atoms with van der Waals surface area (Å²) in [6.45, 7) is 3.46. The predicted molar refractivity (Wildman–Crippen MR) is 86.7 cm³/mol. The average Bonchev–Trinajstić information content (AvgIpc) is 3.07. The molecule has 132 valence electrons. The van der Waals surface area contributed by atoms with Crippen LogP contribution in [0.5, 0.6) is 11.5 Å². The maximum atomic E-state index is 12.5. The highest BCUT2D eigenvalue weighted by Crippen LogP contribution is 2.63. The summed E-state index contributed by atoms with van der Waals surface area (Å²) < 4.78 is 40.9. The lowest BCUT2D eigenvalue weighted by atomic mass is 9.99. The Morgan fingerprint density at radius 1 is 1.33 bits per heavy atom. The molecule has 0 aromatic heterocycles. The van der Waals surface area contributed by atoms with Gasteiger partial charge in [0.25, 0.3) is 0 Å². The van der Waals surface area contributed by atoms with Crippen molar-refractivity contribution >= 4 is 15.8 Å². The zero-order chi connectivity index (χ0) is 17.5. The third-order valence-corrected chi connectivity index (χ3v) is 7.07. The van der Waals surface area contributed by atoms with E-state index in [-0.39, 0.29) is 25.7 Å². The maximum Gasteiger partial charge on any atom is 0.315 e. The van der Waals surface area contributed by atoms with Crippen LogP contribution in [-0.2, 0) is 19.4 Å². The van der Waals surface area contributed by atoms with Gasteiger partial charge in [-0.05, 0) is 24.6 Å². The van der Waals surface area contributed by atoms with Crippen LogP contribution in [0.25, 0.3) is 0 Å². The van der Waals surface area contributed by atoms with Crippen LogP contribution in [-0.4, -0.2) is 45.3 Å². The molecule has 3 rings (SSSR count). The van der Waals surface area contributed by atoms with Crippen LogP contribution in [0.1, 0.15) is 25.3 Å². The van der Waals surface area contributed by atoms with Crippen molar-refractivity contribution in [2.75, 3.05) is 25.7 Å². The summed E-state index contributed by atoms with van der Waals surface area (Å²) in [5.74, 6) is -0.0105. The molecule has 1 aliphatic heterocycles. The van der Waals surface area contributed by atoms with Crippen LogP contribution < -0.4 is 15.2 Å². The number of fused-ring (bicyclic) bond motifs is 1. The molecule has 0 amide bonds. The highest BCUT2D eigenvalue weighted by atomic mass is 32.2. The van der Waals surface area contributed by atoms with Crippen LogP contribution in [0.4, 0.5) is 0 Å². The topological polar surface area (TPSA) is 105 Å². The van der Waals surface area contributed by atoms with Gasteiger partial charge in [-0.2, -0.15) is 0 Å². The molecule has 0 bridgehead atoms. The first kappa shape index (κ1) is 17.0. The summed E-state index contributed by atoms with van der Waals surface area (Å²) in [4.78, 5) is 12.5. The van der Waals surface area contributed by atoms with E-state index in [1.165, 1.54) is 0 Å². The molecule has 2 N–H and O–H groups in total. The minimum Gasteiger partial charge on any atom is -0.465 e. The normalized spacial score (nSPS) is 27.8. The van der Waals surface area contributed by atoms with Gasteiger partial charge < -0.3 is 19.9 Å². The monoisotopic (exact) mass is 355 g/mol. The van der Waals surface area contributed by atoms with Crippen molar-refractivity contribution in [2.45, 2.75) is 25.0 Å². The highest BCUT2D eigenvalue weighted by Gasteiger charge is 2.75. The van der Waals surface area contributed by atoms with Gasteiger partial charge in [0.2, 0.25) is 6.79 Å². The molecule has 3 atom stereocenters. The van der Waals surface area contributed by atoms with E-state index >= 15 is 0 Å². The Labute approximate surface area is 141 Å². The predicted octanol–water partition coefficient (Wildman–Crippen LogP) is 0.824. The Balaban J connectivity index is 2.05. The van der Waals surface area contributed by atoms with E-state index in [4.69, 9.17) is 19.9 Å². The number of hydrogen-bond donors (Lipinski definition) is 1. The third-order valence-electron chi connectivity index (χ3n) is 4.79. The molecule has 1 saturated carbocycles. The molecule has 8 heteroatoms. The lowest BCUT2D eigenvalue weighted by Crippen LogP contribution is -2.34. The van der Waals surface area contributed by atoms with Gasteiger partial charge in [0.15, 0.2) is 21.3 Å². The van der Waals surface area contributed by atoms with Gasteiger partial charge in [0.1, 0.15) is 5.41 Å². The molecule has 1 heterocycles. The number of ether oxygens (including phenoxy) is 3. The zero-order valence-electron chi connectivity index (χ0n) is 13.7. The molecular formula is C16H21NO6S. The molecular weight excluding hydrogens is 334 g/mol. The largest absolute Gasteiger partial charge is 0.465 e. The number of sulfone groups is 1. The Bertz CT molecular complexity index is 762. The Morgan fingerprint density at radius 3 is 2.67 bits per heavy atom. The van der Waals surface area contributed by atoms with Gasteiger partial charge in [-0.1, -0.05) is 13.0 Å². The summed E-state index contributed by atoms with van der Waals surface area (Å²) in [7, 11) is -3.47. The third kappa shape index (κ3) is 2.36. The Hall–Kier alpha value is -1.80. The van der Waals surface area contributed by atoms with Crippen molar-refractivity contribution in [3.63, 3.8) is 0 Å². The first-order valence-corrected chi connectivity index (χ1v) is 9.62. The fraction of sp³-hybridized carbons (Fsp3) is 0.562. The van der Waals surface area contributed by atoms with Crippen LogP contribution in [0.15, 0.2) is 18.2 Å². The number of carbonyl (C=O) groups excluding carboxylic acids is 1. The molecule has 0 saturated heterocycles. The lowest BCUT2D eigenvalue weighted by molar-refractivity contribution is -0.149. The van der Waals surface area contributed by atoms with Crippen LogP contribution in [0.2, 0.25) is 0 Å². The SMILES string of the molecule is CCOC(=O)C1(CN)C(c2ccc3c(c2)OCO3)C1S(=O)(=O)CC. The summed E-state index contributed by atoms with van der Waals surface area (Å²) in [6, 6.07) is 5.20. The van der Waals surface area contributed by atoms with Crippen LogP contribution >= 0.6 is 0 Å². The van der Waals surface area contributed by atoms with Crippen molar-refractivity contribution in [2.24, 2.45) is 11.1 Å². The molecule has 2 aliphatic rings. The van der Waals surface area contributed by atoms with Gasteiger partial charge in [0.05, 0.1) is 11.9 Å². The first-order chi connectivity index (χ1) is 11.4. The van der Waals surface area contributed by atoms with E-state index in [0.717, 1.165) is 0 Å². The molecule has 1 aromatic rings. The molecule has 1 aromatic carbocycles. The van der Waals surface area contributed by atoms with E-state index in [1.807, 2.05) is 0 Å². The van der Waals surface area contributed by atoms with Crippen molar-refractivity contribution < 1.29 is 27.4 Å².